The van der Waals surface area contributed by atoms with Crippen LogP contribution in [0.5, 0.6) is 0 Å². The molecule has 0 atom stereocenters. The van der Waals surface area contributed by atoms with Crippen LogP contribution in [0.3, 0.4) is 0 Å². The first-order chi connectivity index (χ1) is 10.3. The van der Waals surface area contributed by atoms with Gasteiger partial charge in [0.25, 0.3) is 0 Å². The lowest BCUT2D eigenvalue weighted by Gasteiger charge is -2.17. The summed E-state index contributed by atoms with van der Waals surface area (Å²) in [7, 11) is 0. The van der Waals surface area contributed by atoms with Gasteiger partial charge in [0.2, 0.25) is 0 Å². The van der Waals surface area contributed by atoms with E-state index in [9.17, 15) is 0 Å². The Labute approximate surface area is 141 Å². The molecule has 0 aromatic heterocycles. The van der Waals surface area contributed by atoms with Crippen LogP contribution in [0.15, 0.2) is 12.3 Å². The Bertz CT molecular complexity index is 260. The van der Waals surface area contributed by atoms with Crippen LogP contribution in [-0.2, 0) is 0 Å². The maximum atomic E-state index is 4.05. The van der Waals surface area contributed by atoms with E-state index in [0.29, 0.717) is 11.3 Å². The summed E-state index contributed by atoms with van der Waals surface area (Å²) in [4.78, 5) is 0. The second kappa shape index (κ2) is 13.0. The molecule has 0 amide bonds. The number of unbranched alkanes of at least 4 members (excludes halogenated alkanes) is 9. The molecular weight excluding hydrogens is 266 g/mol. The highest BCUT2D eigenvalue weighted by molar-refractivity contribution is 4.93. The third-order valence-electron chi connectivity index (χ3n) is 4.40. The first-order valence-corrected chi connectivity index (χ1v) is 9.75. The zero-order valence-corrected chi connectivity index (χ0v) is 16.3. The van der Waals surface area contributed by atoms with Crippen molar-refractivity contribution in [2.45, 2.75) is 105 Å². The smallest absolute Gasteiger partial charge is 0.0143 e. The van der Waals surface area contributed by atoms with Crippen molar-refractivity contribution in [3.63, 3.8) is 0 Å². The van der Waals surface area contributed by atoms with E-state index in [1.807, 2.05) is 0 Å². The van der Waals surface area contributed by atoms with Crippen molar-refractivity contribution in [1.82, 2.24) is 5.32 Å². The Morgan fingerprint density at radius 3 is 1.59 bits per heavy atom. The Hall–Kier alpha value is -0.460. The molecule has 0 aliphatic rings. The molecule has 0 bridgehead atoms. The lowest BCUT2D eigenvalue weighted by molar-refractivity contribution is 0.356. The summed E-state index contributed by atoms with van der Waals surface area (Å²) in [5.41, 5.74) is 1.71. The fraction of sp³-hybridized carbons (Fsp3) is 0.905. The molecule has 0 saturated carbocycles. The highest BCUT2D eigenvalue weighted by Crippen LogP contribution is 2.22. The van der Waals surface area contributed by atoms with E-state index < -0.39 is 0 Å². The molecule has 1 N–H and O–H groups in total. The molecule has 1 nitrogen and oxygen atoms in total. The van der Waals surface area contributed by atoms with E-state index >= 15 is 0 Å². The van der Waals surface area contributed by atoms with Crippen LogP contribution >= 0.6 is 0 Å². The summed E-state index contributed by atoms with van der Waals surface area (Å²) < 4.78 is 0. The van der Waals surface area contributed by atoms with E-state index in [-0.39, 0.29) is 0 Å². The van der Waals surface area contributed by atoms with Crippen molar-refractivity contribution in [2.24, 2.45) is 11.3 Å². The molecule has 132 valence electrons. The van der Waals surface area contributed by atoms with Crippen LogP contribution in [0, 0.1) is 11.3 Å². The van der Waals surface area contributed by atoms with Gasteiger partial charge in [-0.25, -0.2) is 0 Å². The Morgan fingerprint density at radius 2 is 1.18 bits per heavy atom. The normalized spacial score (nSPS) is 11.9. The summed E-state index contributed by atoms with van der Waals surface area (Å²) in [5.74, 6) is 0.559. The summed E-state index contributed by atoms with van der Waals surface area (Å²) in [5, 5.41) is 3.43. The molecule has 0 aromatic carbocycles. The van der Waals surface area contributed by atoms with E-state index in [1.54, 1.807) is 0 Å². The largest absolute Gasteiger partial charge is 0.389 e. The zero-order valence-electron chi connectivity index (χ0n) is 16.3. The summed E-state index contributed by atoms with van der Waals surface area (Å²) in [6.45, 7) is 16.6. The highest BCUT2D eigenvalue weighted by Gasteiger charge is 2.08. The third-order valence-corrected chi connectivity index (χ3v) is 4.40. The van der Waals surface area contributed by atoms with E-state index in [2.05, 4.69) is 46.5 Å². The SMILES string of the molecule is C=C(NCCCCCCCCCCCCC(C)(C)C)C(C)C. The quantitative estimate of drug-likeness (QED) is 0.338. The topological polar surface area (TPSA) is 12.0 Å². The van der Waals surface area contributed by atoms with Gasteiger partial charge < -0.3 is 5.32 Å². The van der Waals surface area contributed by atoms with Gasteiger partial charge in [0.15, 0.2) is 0 Å². The molecule has 0 aliphatic carbocycles. The van der Waals surface area contributed by atoms with Gasteiger partial charge in [0, 0.05) is 12.2 Å². The van der Waals surface area contributed by atoms with Crippen LogP contribution in [0.4, 0.5) is 0 Å². The second-order valence-corrected chi connectivity index (χ2v) is 8.45. The molecule has 0 unspecified atom stereocenters. The number of hydrogen-bond acceptors (Lipinski definition) is 1. The molecule has 0 aromatic rings. The fourth-order valence-corrected chi connectivity index (χ4v) is 2.65. The molecule has 1 heteroatoms. The van der Waals surface area contributed by atoms with Gasteiger partial charge in [-0.1, -0.05) is 99.0 Å². The second-order valence-electron chi connectivity index (χ2n) is 8.45. The Kier molecular flexibility index (Phi) is 12.8. The van der Waals surface area contributed by atoms with Crippen LogP contribution in [-0.4, -0.2) is 6.54 Å². The van der Waals surface area contributed by atoms with Gasteiger partial charge >= 0.3 is 0 Å². The molecular formula is C21H43N. The van der Waals surface area contributed by atoms with Crippen LogP contribution in [0.2, 0.25) is 0 Å². The number of allylic oxidation sites excluding steroid dienone is 1. The van der Waals surface area contributed by atoms with Gasteiger partial charge in [0.1, 0.15) is 0 Å². The summed E-state index contributed by atoms with van der Waals surface area (Å²) in [6, 6.07) is 0. The van der Waals surface area contributed by atoms with Gasteiger partial charge in [-0.3, -0.25) is 0 Å². The van der Waals surface area contributed by atoms with E-state index in [4.69, 9.17) is 0 Å². The maximum Gasteiger partial charge on any atom is 0.0143 e. The van der Waals surface area contributed by atoms with Gasteiger partial charge in [-0.05, 0) is 24.2 Å². The number of hydrogen-bond donors (Lipinski definition) is 1. The lowest BCUT2D eigenvalue weighted by atomic mass is 9.89. The lowest BCUT2D eigenvalue weighted by Crippen LogP contribution is -2.17. The van der Waals surface area contributed by atoms with Gasteiger partial charge in [-0.2, -0.15) is 0 Å². The average Bonchev–Trinajstić information content (AvgIpc) is 2.42. The molecule has 0 rings (SSSR count). The fourth-order valence-electron chi connectivity index (χ4n) is 2.65. The number of nitrogens with one attached hydrogen (secondary N) is 1. The molecule has 0 spiro atoms. The van der Waals surface area contributed by atoms with E-state index in [0.717, 1.165) is 6.54 Å². The predicted molar refractivity (Wildman–Crippen MR) is 102 cm³/mol. The minimum atomic E-state index is 0.524. The van der Waals surface area contributed by atoms with Crippen molar-refractivity contribution >= 4 is 0 Å². The summed E-state index contributed by atoms with van der Waals surface area (Å²) in [6.07, 6.45) is 15.5. The van der Waals surface area contributed by atoms with Crippen molar-refractivity contribution in [3.05, 3.63) is 12.3 Å². The van der Waals surface area contributed by atoms with E-state index in [1.165, 1.54) is 76.3 Å². The first-order valence-electron chi connectivity index (χ1n) is 9.75. The van der Waals surface area contributed by atoms with Crippen molar-refractivity contribution < 1.29 is 0 Å². The minimum Gasteiger partial charge on any atom is -0.389 e. The molecule has 0 saturated heterocycles. The highest BCUT2D eigenvalue weighted by atomic mass is 14.9. The van der Waals surface area contributed by atoms with Gasteiger partial charge in [0.05, 0.1) is 0 Å². The van der Waals surface area contributed by atoms with Crippen molar-refractivity contribution in [3.8, 4) is 0 Å². The monoisotopic (exact) mass is 309 g/mol. The minimum absolute atomic E-state index is 0.524. The molecule has 0 fully saturated rings. The van der Waals surface area contributed by atoms with Crippen LogP contribution < -0.4 is 5.32 Å². The maximum absolute atomic E-state index is 4.05. The predicted octanol–water partition coefficient (Wildman–Crippen LogP) is 7.08. The Morgan fingerprint density at radius 1 is 0.773 bits per heavy atom. The molecule has 0 heterocycles. The molecule has 22 heavy (non-hydrogen) atoms. The van der Waals surface area contributed by atoms with Crippen molar-refractivity contribution in [1.29, 1.82) is 0 Å². The van der Waals surface area contributed by atoms with Gasteiger partial charge in [-0.15, -0.1) is 0 Å². The first kappa shape index (κ1) is 21.5. The standard InChI is InChI=1S/C21H43N/c1-19(2)20(3)22-18-16-14-12-10-8-7-9-11-13-15-17-21(4,5)6/h19,22H,3,7-18H2,1-2,4-6H3. The zero-order chi connectivity index (χ0) is 16.8. The average molecular weight is 310 g/mol. The Balaban J connectivity index is 3.13. The summed E-state index contributed by atoms with van der Waals surface area (Å²) >= 11 is 0. The molecule has 0 aliphatic heterocycles. The third kappa shape index (κ3) is 15.9. The van der Waals surface area contributed by atoms with Crippen molar-refractivity contribution in [2.75, 3.05) is 6.54 Å². The van der Waals surface area contributed by atoms with Crippen LogP contribution in [0.1, 0.15) is 105 Å². The van der Waals surface area contributed by atoms with Crippen LogP contribution in [0.25, 0.3) is 0 Å². The molecule has 0 radical (unpaired) electrons. The number of rotatable bonds is 14.